The van der Waals surface area contributed by atoms with Gasteiger partial charge in [-0.15, -0.1) is 0 Å². The Balaban J connectivity index is 2.63. The highest BCUT2D eigenvalue weighted by atomic mass is 16.6. The molecule has 23 nitrogen and oxygen atoms in total. The van der Waals surface area contributed by atoms with Crippen molar-refractivity contribution in [2.45, 2.75) is 267 Å². The number of esters is 6. The molecular formula is C64H118N8O15. The number of unbranched alkanes of at least 4 members (excludes halogenated alkanes) is 9. The van der Waals surface area contributed by atoms with Gasteiger partial charge in [0.05, 0.1) is 26.2 Å². The third kappa shape index (κ3) is 45.7. The number of hydrogen-bond donors (Lipinski definition) is 4. The predicted octanol–water partition coefficient (Wildman–Crippen LogP) is 7.38. The maximum Gasteiger partial charge on any atom is 0.329 e. The van der Waals surface area contributed by atoms with Crippen LogP contribution in [0.3, 0.4) is 0 Å². The number of amides is 4. The normalized spacial score (nSPS) is 15.7. The summed E-state index contributed by atoms with van der Waals surface area (Å²) in [4.78, 5) is 125. The van der Waals surface area contributed by atoms with Crippen LogP contribution >= 0.6 is 0 Å². The summed E-state index contributed by atoms with van der Waals surface area (Å²) >= 11 is 0. The molecule has 1 rings (SSSR count). The number of carbonyl (C=O) groups is 9. The van der Waals surface area contributed by atoms with E-state index < -0.39 is 69.6 Å². The van der Waals surface area contributed by atoms with Crippen molar-refractivity contribution in [1.82, 2.24) is 40.9 Å². The molecule has 1 aliphatic heterocycles. The van der Waals surface area contributed by atoms with E-state index in [4.69, 9.17) is 28.4 Å². The molecule has 87 heavy (non-hydrogen) atoms. The first-order valence-corrected chi connectivity index (χ1v) is 31.9. The Kier molecular flexibility index (Phi) is 35.9. The van der Waals surface area contributed by atoms with Crippen molar-refractivity contribution in [3.63, 3.8) is 0 Å². The van der Waals surface area contributed by atoms with Gasteiger partial charge in [0, 0.05) is 78.3 Å². The van der Waals surface area contributed by atoms with E-state index >= 15 is 0 Å². The average molecular weight is 1240 g/mol. The van der Waals surface area contributed by atoms with E-state index in [0.717, 1.165) is 57.8 Å². The molecule has 0 aliphatic carbocycles. The van der Waals surface area contributed by atoms with Crippen LogP contribution in [-0.2, 0) is 66.8 Å². The maximum atomic E-state index is 13.4. The Morgan fingerprint density at radius 2 is 0.609 bits per heavy atom. The molecule has 1 fully saturated rings. The average Bonchev–Trinajstić information content (AvgIpc) is 3.27. The first kappa shape index (κ1) is 79.9. The molecule has 4 amide bonds. The number of carbonyl (C=O) groups excluding carboxylic acids is 9. The SMILES string of the molecule is CC(C)(C)OC(=O)CCC(NC(=O)NC(CCCCNC(=O)CCCCCCCCCCCNC(=O)CN1CCN(CC(=O)OC(C)(C)C)CCN(CC(=O)OC(C)(C)C)CCN(CC(=O)OC(C)(C)C)CC1)C(=O)OC(C)(C)C)C(=O)OC(C)(C)C. The van der Waals surface area contributed by atoms with Crippen molar-refractivity contribution in [3.05, 3.63) is 0 Å². The highest BCUT2D eigenvalue weighted by Crippen LogP contribution is 2.18. The summed E-state index contributed by atoms with van der Waals surface area (Å²) in [5.41, 5.74) is -4.38. The second-order valence-corrected chi connectivity index (χ2v) is 28.9. The van der Waals surface area contributed by atoms with Gasteiger partial charge < -0.3 is 49.7 Å². The Hall–Kier alpha value is -5.13. The van der Waals surface area contributed by atoms with E-state index in [1.165, 1.54) is 0 Å². The number of urea groups is 1. The van der Waals surface area contributed by atoms with Gasteiger partial charge in [0.1, 0.15) is 45.7 Å². The molecule has 2 atom stereocenters. The van der Waals surface area contributed by atoms with Gasteiger partial charge in [0.15, 0.2) is 0 Å². The fraction of sp³-hybridized carbons (Fsp3) is 0.859. The van der Waals surface area contributed by atoms with Gasteiger partial charge in [0.25, 0.3) is 0 Å². The summed E-state index contributed by atoms with van der Waals surface area (Å²) in [5.74, 6) is -3.13. The summed E-state index contributed by atoms with van der Waals surface area (Å²) in [7, 11) is 0. The van der Waals surface area contributed by atoms with Gasteiger partial charge in [0.2, 0.25) is 11.8 Å². The van der Waals surface area contributed by atoms with Gasteiger partial charge in [-0.1, -0.05) is 44.9 Å². The van der Waals surface area contributed by atoms with Crippen LogP contribution in [-0.4, -0.2) is 211 Å². The molecule has 1 aliphatic rings. The molecular weight excluding hydrogens is 1120 g/mol. The number of rotatable bonds is 32. The minimum Gasteiger partial charge on any atom is -0.460 e. The fourth-order valence-corrected chi connectivity index (χ4v) is 9.06. The lowest BCUT2D eigenvalue weighted by Crippen LogP contribution is -2.53. The van der Waals surface area contributed by atoms with Gasteiger partial charge in [-0.3, -0.25) is 48.4 Å². The third-order valence-corrected chi connectivity index (χ3v) is 12.8. The van der Waals surface area contributed by atoms with E-state index in [9.17, 15) is 43.2 Å². The molecule has 0 aromatic heterocycles. The monoisotopic (exact) mass is 1240 g/mol. The standard InChI is InChI=1S/C64H118N8O15/c1-59(2,3)82-52(75)33-32-49(57(80)87-64(16,17)18)68-58(81)67-48(56(79)86-63(13,14)15)30-27-29-35-65-50(73)31-26-24-22-20-19-21-23-25-28-34-66-51(74)44-69-36-38-70(45-53(76)83-60(4,5)6)40-42-72(47-55(78)85-62(10,11)12)43-41-71(39-37-69)46-54(77)84-61(7,8)9/h48-49H,19-47H2,1-18H3,(H,65,73)(H,66,74)(H2,67,68,81). The number of ether oxygens (including phenoxy) is 6. The minimum atomic E-state index is -1.19. The number of nitrogens with zero attached hydrogens (tertiary/aromatic N) is 4. The Bertz CT molecular complexity index is 2070. The lowest BCUT2D eigenvalue weighted by atomic mass is 10.1. The summed E-state index contributed by atoms with van der Waals surface area (Å²) < 4.78 is 33.5. The molecule has 504 valence electrons. The Morgan fingerprint density at radius 3 is 0.966 bits per heavy atom. The number of hydrogen-bond acceptors (Lipinski definition) is 19. The van der Waals surface area contributed by atoms with E-state index in [1.54, 1.807) is 62.3 Å². The molecule has 0 saturated carbocycles. The highest BCUT2D eigenvalue weighted by Gasteiger charge is 2.32. The summed E-state index contributed by atoms with van der Waals surface area (Å²) in [6.45, 7) is 36.8. The van der Waals surface area contributed by atoms with Crippen molar-refractivity contribution < 1.29 is 71.6 Å². The van der Waals surface area contributed by atoms with E-state index in [0.29, 0.717) is 84.7 Å². The minimum absolute atomic E-state index is 0.0451. The van der Waals surface area contributed by atoms with Crippen LogP contribution in [0.1, 0.15) is 221 Å². The smallest absolute Gasteiger partial charge is 0.329 e. The zero-order valence-electron chi connectivity index (χ0n) is 57.1. The molecule has 1 heterocycles. The van der Waals surface area contributed by atoms with E-state index in [1.807, 2.05) is 77.0 Å². The van der Waals surface area contributed by atoms with Crippen molar-refractivity contribution in [1.29, 1.82) is 0 Å². The van der Waals surface area contributed by atoms with Crippen LogP contribution in [0, 0.1) is 0 Å². The lowest BCUT2D eigenvalue weighted by Gasteiger charge is -2.34. The van der Waals surface area contributed by atoms with E-state index in [-0.39, 0.29) is 75.2 Å². The molecule has 2 unspecified atom stereocenters. The first-order valence-electron chi connectivity index (χ1n) is 31.9. The van der Waals surface area contributed by atoms with Crippen molar-refractivity contribution in [2.24, 2.45) is 0 Å². The quantitative estimate of drug-likeness (QED) is 0.0291. The van der Waals surface area contributed by atoms with Gasteiger partial charge in [-0.2, -0.15) is 0 Å². The molecule has 0 spiro atoms. The first-order chi connectivity index (χ1) is 40.0. The topological polar surface area (TPSA) is 270 Å². The molecule has 23 heteroatoms. The van der Waals surface area contributed by atoms with Gasteiger partial charge in [-0.05, 0) is 163 Å². The third-order valence-electron chi connectivity index (χ3n) is 12.8. The summed E-state index contributed by atoms with van der Waals surface area (Å²) in [6, 6.07) is -3.04. The molecule has 0 bridgehead atoms. The van der Waals surface area contributed by atoms with Crippen LogP contribution in [0.5, 0.6) is 0 Å². The number of nitrogens with one attached hydrogen (secondary N) is 4. The zero-order chi connectivity index (χ0) is 66.2. The van der Waals surface area contributed by atoms with Crippen LogP contribution in [0.25, 0.3) is 0 Å². The lowest BCUT2D eigenvalue weighted by molar-refractivity contribution is -0.159. The second-order valence-electron chi connectivity index (χ2n) is 28.9. The fourth-order valence-electron chi connectivity index (χ4n) is 9.06. The van der Waals surface area contributed by atoms with Crippen LogP contribution < -0.4 is 21.3 Å². The summed E-state index contributed by atoms with van der Waals surface area (Å²) in [5, 5.41) is 11.3. The Morgan fingerprint density at radius 1 is 0.322 bits per heavy atom. The van der Waals surface area contributed by atoms with Crippen molar-refractivity contribution >= 4 is 53.7 Å². The van der Waals surface area contributed by atoms with Crippen LogP contribution in [0.4, 0.5) is 4.79 Å². The molecule has 1 saturated heterocycles. The van der Waals surface area contributed by atoms with Crippen LogP contribution in [0.2, 0.25) is 0 Å². The predicted molar refractivity (Wildman–Crippen MR) is 335 cm³/mol. The Labute approximate surface area is 522 Å². The maximum absolute atomic E-state index is 13.4. The van der Waals surface area contributed by atoms with Crippen molar-refractivity contribution in [3.8, 4) is 0 Å². The van der Waals surface area contributed by atoms with Crippen LogP contribution in [0.15, 0.2) is 0 Å². The van der Waals surface area contributed by atoms with Gasteiger partial charge in [-0.25, -0.2) is 14.4 Å². The van der Waals surface area contributed by atoms with Crippen molar-refractivity contribution in [2.75, 3.05) is 91.6 Å². The molecule has 0 aromatic carbocycles. The molecule has 0 radical (unpaired) electrons. The largest absolute Gasteiger partial charge is 0.460 e. The summed E-state index contributed by atoms with van der Waals surface area (Å²) in [6.07, 6.45) is 10.3. The van der Waals surface area contributed by atoms with Gasteiger partial charge >= 0.3 is 41.8 Å². The highest BCUT2D eigenvalue weighted by molar-refractivity contribution is 5.87. The molecule has 4 N–H and O–H groups in total. The second kappa shape index (κ2) is 39.1. The molecule has 0 aromatic rings. The van der Waals surface area contributed by atoms with E-state index in [2.05, 4.69) is 26.2 Å². The zero-order valence-corrected chi connectivity index (χ0v) is 57.1.